The molecule has 3 heterocycles. The molecular weight excluding hydrogens is 282 g/mol. The molecule has 3 rings (SSSR count). The summed E-state index contributed by atoms with van der Waals surface area (Å²) < 4.78 is 5.90. The Bertz CT molecular complexity index is 700. The lowest BCUT2D eigenvalue weighted by atomic mass is 10.2. The van der Waals surface area contributed by atoms with Crippen molar-refractivity contribution in [3.8, 4) is 11.8 Å². The van der Waals surface area contributed by atoms with E-state index in [2.05, 4.69) is 31.3 Å². The summed E-state index contributed by atoms with van der Waals surface area (Å²) in [5.74, 6) is 7.23. The van der Waals surface area contributed by atoms with Crippen LogP contribution in [0.2, 0.25) is 0 Å². The molecule has 1 aliphatic rings. The van der Waals surface area contributed by atoms with Gasteiger partial charge >= 0.3 is 0 Å². The number of nitrogens with two attached hydrogens (primary N) is 1. The molecule has 0 aliphatic carbocycles. The van der Waals surface area contributed by atoms with E-state index in [1.54, 1.807) is 24.5 Å². The van der Waals surface area contributed by atoms with Crippen LogP contribution in [0.3, 0.4) is 0 Å². The smallest absolute Gasteiger partial charge is 0.155 e. The minimum atomic E-state index is -0.0134. The molecule has 1 aliphatic heterocycles. The molecule has 0 saturated carbocycles. The van der Waals surface area contributed by atoms with Gasteiger partial charge in [-0.05, 0) is 6.07 Å². The largest absolute Gasteiger partial charge is 0.485 e. The van der Waals surface area contributed by atoms with Crippen molar-refractivity contribution in [3.63, 3.8) is 0 Å². The van der Waals surface area contributed by atoms with Gasteiger partial charge in [0.05, 0.1) is 18.3 Å². The van der Waals surface area contributed by atoms with E-state index in [1.807, 2.05) is 0 Å². The van der Waals surface area contributed by atoms with E-state index < -0.39 is 0 Å². The number of nitrogens with zero attached hydrogens (tertiary/aromatic N) is 5. The van der Waals surface area contributed by atoms with Gasteiger partial charge in [-0.2, -0.15) is 5.26 Å². The molecule has 0 radical (unpaired) electrons. The number of nitrogens with one attached hydrogen (secondary N) is 1. The molecule has 8 heteroatoms. The number of hydrogen-bond donors (Lipinski definition) is 2. The van der Waals surface area contributed by atoms with Gasteiger partial charge in [0.2, 0.25) is 0 Å². The van der Waals surface area contributed by atoms with E-state index in [1.165, 1.54) is 6.33 Å². The van der Waals surface area contributed by atoms with Crippen molar-refractivity contribution in [3.05, 3.63) is 36.4 Å². The van der Waals surface area contributed by atoms with E-state index in [0.29, 0.717) is 23.7 Å². The lowest BCUT2D eigenvalue weighted by molar-refractivity contribution is 0.223. The van der Waals surface area contributed by atoms with Crippen LogP contribution in [0.4, 0.5) is 11.6 Å². The second kappa shape index (κ2) is 6.24. The zero-order valence-electron chi connectivity index (χ0n) is 11.8. The van der Waals surface area contributed by atoms with Crippen LogP contribution in [0.15, 0.2) is 30.9 Å². The van der Waals surface area contributed by atoms with E-state index in [0.717, 1.165) is 18.8 Å². The number of pyridine rings is 1. The highest BCUT2D eigenvalue weighted by molar-refractivity contribution is 5.48. The molecule has 1 atom stereocenters. The predicted octanol–water partition coefficient (Wildman–Crippen LogP) is 0.687. The minimum absolute atomic E-state index is 0.0134. The summed E-state index contributed by atoms with van der Waals surface area (Å²) in [5, 5.41) is 9.08. The third kappa shape index (κ3) is 2.89. The summed E-state index contributed by atoms with van der Waals surface area (Å²) in [4.78, 5) is 14.3. The lowest BCUT2D eigenvalue weighted by Crippen LogP contribution is -2.25. The average Bonchev–Trinajstić information content (AvgIpc) is 3.04. The fourth-order valence-electron chi connectivity index (χ4n) is 2.38. The van der Waals surface area contributed by atoms with Gasteiger partial charge in [-0.15, -0.1) is 0 Å². The Kier molecular flexibility index (Phi) is 3.98. The molecule has 1 saturated heterocycles. The maximum Gasteiger partial charge on any atom is 0.155 e. The van der Waals surface area contributed by atoms with Crippen LogP contribution >= 0.6 is 0 Å². The zero-order chi connectivity index (χ0) is 15.4. The van der Waals surface area contributed by atoms with Gasteiger partial charge in [-0.25, -0.2) is 15.8 Å². The standard InChI is InChI=1S/C14H15N7O/c15-6-10-1-3-17-7-12(10)22-11-2-4-21(8-11)14-5-13(20-16)18-9-19-14/h1,3,5,7,9,11H,2,4,8,16H2,(H,18,19,20). The number of nitrogen functional groups attached to an aromatic ring is 1. The van der Waals surface area contributed by atoms with Crippen molar-refractivity contribution in [1.29, 1.82) is 5.26 Å². The molecule has 3 N–H and O–H groups in total. The fraction of sp³-hybridized carbons (Fsp3) is 0.286. The van der Waals surface area contributed by atoms with Gasteiger partial charge < -0.3 is 15.1 Å². The highest BCUT2D eigenvalue weighted by Gasteiger charge is 2.26. The van der Waals surface area contributed by atoms with Crippen LogP contribution < -0.4 is 20.9 Å². The Hall–Kier alpha value is -2.92. The zero-order valence-corrected chi connectivity index (χ0v) is 11.8. The first-order chi connectivity index (χ1) is 10.8. The molecular formula is C14H15N7O. The lowest BCUT2D eigenvalue weighted by Gasteiger charge is -2.18. The number of aromatic nitrogens is 3. The summed E-state index contributed by atoms with van der Waals surface area (Å²) >= 11 is 0. The minimum Gasteiger partial charge on any atom is -0.485 e. The topological polar surface area (TPSA) is 113 Å². The van der Waals surface area contributed by atoms with Gasteiger partial charge in [0.15, 0.2) is 5.75 Å². The Labute approximate surface area is 127 Å². The Morgan fingerprint density at radius 1 is 1.45 bits per heavy atom. The Morgan fingerprint density at radius 3 is 3.18 bits per heavy atom. The first kappa shape index (κ1) is 14.0. The molecule has 0 amide bonds. The second-order valence-electron chi connectivity index (χ2n) is 4.86. The van der Waals surface area contributed by atoms with E-state index in [-0.39, 0.29) is 6.10 Å². The molecule has 1 unspecified atom stereocenters. The maximum atomic E-state index is 9.08. The monoisotopic (exact) mass is 297 g/mol. The number of hydrogen-bond acceptors (Lipinski definition) is 8. The van der Waals surface area contributed by atoms with E-state index >= 15 is 0 Å². The first-order valence-electron chi connectivity index (χ1n) is 6.84. The van der Waals surface area contributed by atoms with Crippen LogP contribution in [0, 0.1) is 11.3 Å². The van der Waals surface area contributed by atoms with E-state index in [4.69, 9.17) is 15.8 Å². The summed E-state index contributed by atoms with van der Waals surface area (Å²) in [7, 11) is 0. The van der Waals surface area contributed by atoms with E-state index in [9.17, 15) is 0 Å². The summed E-state index contributed by atoms with van der Waals surface area (Å²) in [5.41, 5.74) is 2.99. The quantitative estimate of drug-likeness (QED) is 0.626. The van der Waals surface area contributed by atoms with Crippen LogP contribution in [0.25, 0.3) is 0 Å². The summed E-state index contributed by atoms with van der Waals surface area (Å²) in [6.45, 7) is 1.49. The Morgan fingerprint density at radius 2 is 2.36 bits per heavy atom. The van der Waals surface area contributed by atoms with Crippen molar-refractivity contribution in [1.82, 2.24) is 15.0 Å². The van der Waals surface area contributed by atoms with Gasteiger partial charge in [-0.1, -0.05) is 0 Å². The highest BCUT2D eigenvalue weighted by Crippen LogP contribution is 2.24. The molecule has 1 fully saturated rings. The molecule has 2 aromatic rings. The van der Waals surface area contributed by atoms with Gasteiger partial charge in [0, 0.05) is 25.2 Å². The van der Waals surface area contributed by atoms with Crippen molar-refractivity contribution in [2.45, 2.75) is 12.5 Å². The van der Waals surface area contributed by atoms with Crippen LogP contribution in [-0.4, -0.2) is 34.1 Å². The van der Waals surface area contributed by atoms with Gasteiger partial charge in [0.25, 0.3) is 0 Å². The average molecular weight is 297 g/mol. The molecule has 2 aromatic heterocycles. The molecule has 22 heavy (non-hydrogen) atoms. The normalized spacial score (nSPS) is 17.1. The van der Waals surface area contributed by atoms with Crippen molar-refractivity contribution in [2.24, 2.45) is 5.84 Å². The highest BCUT2D eigenvalue weighted by atomic mass is 16.5. The maximum absolute atomic E-state index is 9.08. The third-order valence-corrected chi connectivity index (χ3v) is 3.47. The number of hydrazine groups is 1. The number of anilines is 2. The Balaban J connectivity index is 1.68. The van der Waals surface area contributed by atoms with Crippen molar-refractivity contribution < 1.29 is 4.74 Å². The number of ether oxygens (including phenoxy) is 1. The summed E-state index contributed by atoms with van der Waals surface area (Å²) in [6.07, 6.45) is 5.44. The third-order valence-electron chi connectivity index (χ3n) is 3.47. The van der Waals surface area contributed by atoms with Gasteiger partial charge in [0.1, 0.15) is 30.1 Å². The number of nitriles is 1. The molecule has 0 aromatic carbocycles. The van der Waals surface area contributed by atoms with Crippen LogP contribution in [0.5, 0.6) is 5.75 Å². The summed E-state index contributed by atoms with van der Waals surface area (Å²) in [6, 6.07) is 5.54. The van der Waals surface area contributed by atoms with Crippen molar-refractivity contribution in [2.75, 3.05) is 23.4 Å². The van der Waals surface area contributed by atoms with Gasteiger partial charge in [-0.3, -0.25) is 4.98 Å². The molecule has 8 nitrogen and oxygen atoms in total. The number of rotatable bonds is 4. The molecule has 0 bridgehead atoms. The van der Waals surface area contributed by atoms with Crippen LogP contribution in [0.1, 0.15) is 12.0 Å². The predicted molar refractivity (Wildman–Crippen MR) is 80.0 cm³/mol. The molecule has 0 spiro atoms. The first-order valence-corrected chi connectivity index (χ1v) is 6.84. The van der Waals surface area contributed by atoms with Crippen molar-refractivity contribution >= 4 is 11.6 Å². The van der Waals surface area contributed by atoms with Crippen LogP contribution in [-0.2, 0) is 0 Å². The molecule has 112 valence electrons. The fourth-order valence-corrected chi connectivity index (χ4v) is 2.38. The second-order valence-corrected chi connectivity index (χ2v) is 4.86. The SMILES string of the molecule is N#Cc1ccncc1OC1CCN(c2cc(NN)ncn2)C1.